The summed E-state index contributed by atoms with van der Waals surface area (Å²) in [7, 11) is 0. The predicted octanol–water partition coefficient (Wildman–Crippen LogP) is 6.72. The van der Waals surface area contributed by atoms with Gasteiger partial charge in [-0.15, -0.1) is 11.3 Å². The summed E-state index contributed by atoms with van der Waals surface area (Å²) >= 11 is 21.1. The Bertz CT molecular complexity index is 1100. The number of benzene rings is 2. The van der Waals surface area contributed by atoms with E-state index in [4.69, 9.17) is 34.8 Å². The molecule has 1 N–H and O–H groups in total. The van der Waals surface area contributed by atoms with Crippen LogP contribution >= 0.6 is 57.5 Å². The summed E-state index contributed by atoms with van der Waals surface area (Å²) in [6, 6.07) is 11.0. The minimum absolute atomic E-state index is 0.289. The Hall–Kier alpha value is -1.37. The van der Waals surface area contributed by atoms with E-state index in [1.807, 2.05) is 24.3 Å². The molecule has 0 unspecified atom stereocenters. The fraction of sp³-hybridized carbons (Fsp3) is 0. The van der Waals surface area contributed by atoms with Crippen molar-refractivity contribution in [1.82, 2.24) is 4.98 Å². The van der Waals surface area contributed by atoms with Crippen molar-refractivity contribution in [2.45, 2.75) is 0 Å². The van der Waals surface area contributed by atoms with E-state index in [0.717, 1.165) is 14.8 Å². The Morgan fingerprint density at radius 3 is 2.62 bits per heavy atom. The van der Waals surface area contributed by atoms with Gasteiger partial charge in [0.05, 0.1) is 14.7 Å². The fourth-order valence-corrected chi connectivity index (χ4v) is 5.32. The molecule has 24 heavy (non-hydrogen) atoms. The Balaban J connectivity index is 1.70. The van der Waals surface area contributed by atoms with Crippen LogP contribution in [0.4, 0.5) is 5.13 Å². The summed E-state index contributed by atoms with van der Waals surface area (Å²) in [6.45, 7) is 0. The van der Waals surface area contributed by atoms with Crippen molar-refractivity contribution in [2.24, 2.45) is 0 Å². The Morgan fingerprint density at radius 1 is 1.04 bits per heavy atom. The third-order valence-electron chi connectivity index (χ3n) is 3.37. The molecule has 4 rings (SSSR count). The molecule has 1 amide bonds. The number of amides is 1. The molecule has 2 heterocycles. The van der Waals surface area contributed by atoms with Crippen LogP contribution in [0.1, 0.15) is 9.67 Å². The minimum atomic E-state index is -0.289. The van der Waals surface area contributed by atoms with Crippen molar-refractivity contribution in [2.75, 3.05) is 5.32 Å². The first-order chi connectivity index (χ1) is 11.5. The van der Waals surface area contributed by atoms with E-state index < -0.39 is 0 Å². The van der Waals surface area contributed by atoms with E-state index in [9.17, 15) is 4.79 Å². The van der Waals surface area contributed by atoms with E-state index in [2.05, 4.69) is 10.3 Å². The van der Waals surface area contributed by atoms with Gasteiger partial charge in [-0.05, 0) is 18.2 Å². The van der Waals surface area contributed by atoms with Crippen LogP contribution in [0.25, 0.3) is 20.3 Å². The van der Waals surface area contributed by atoms with Crippen LogP contribution in [0.2, 0.25) is 15.1 Å². The highest BCUT2D eigenvalue weighted by Crippen LogP contribution is 2.37. The number of fused-ring (bicyclic) bond motifs is 2. The van der Waals surface area contributed by atoms with Crippen molar-refractivity contribution in [1.29, 1.82) is 0 Å². The van der Waals surface area contributed by atoms with Gasteiger partial charge in [-0.3, -0.25) is 10.1 Å². The van der Waals surface area contributed by atoms with Gasteiger partial charge in [-0.2, -0.15) is 0 Å². The smallest absolute Gasteiger partial charge is 0.269 e. The molecular formula is C16H7Cl3N2OS2. The van der Waals surface area contributed by atoms with Gasteiger partial charge in [0, 0.05) is 15.1 Å². The molecule has 0 radical (unpaired) electrons. The highest BCUT2D eigenvalue weighted by atomic mass is 35.5. The van der Waals surface area contributed by atoms with Gasteiger partial charge >= 0.3 is 0 Å². The maximum Gasteiger partial charge on any atom is 0.269 e. The fourth-order valence-electron chi connectivity index (χ4n) is 2.32. The van der Waals surface area contributed by atoms with Crippen LogP contribution in [0, 0.1) is 0 Å². The molecule has 0 spiro atoms. The lowest BCUT2D eigenvalue weighted by Gasteiger charge is -1.98. The molecule has 0 saturated carbocycles. The lowest BCUT2D eigenvalue weighted by Crippen LogP contribution is -2.10. The summed E-state index contributed by atoms with van der Waals surface area (Å²) in [5.74, 6) is -0.289. The zero-order valence-electron chi connectivity index (χ0n) is 11.8. The number of thiazole rings is 1. The van der Waals surface area contributed by atoms with Gasteiger partial charge < -0.3 is 0 Å². The molecule has 8 heteroatoms. The Kier molecular flexibility index (Phi) is 4.14. The molecule has 0 atom stereocenters. The van der Waals surface area contributed by atoms with Crippen LogP contribution in [-0.2, 0) is 0 Å². The van der Waals surface area contributed by atoms with Gasteiger partial charge in [0.25, 0.3) is 5.91 Å². The van der Waals surface area contributed by atoms with Gasteiger partial charge in [-0.25, -0.2) is 4.98 Å². The molecule has 3 nitrogen and oxygen atoms in total. The van der Waals surface area contributed by atoms with Crippen LogP contribution in [0.15, 0.2) is 36.4 Å². The number of thiophene rings is 1. The minimum Gasteiger partial charge on any atom is -0.297 e. The van der Waals surface area contributed by atoms with Crippen LogP contribution in [0.5, 0.6) is 0 Å². The summed E-state index contributed by atoms with van der Waals surface area (Å²) in [6.07, 6.45) is 0. The van der Waals surface area contributed by atoms with Crippen LogP contribution in [-0.4, -0.2) is 10.9 Å². The molecule has 4 aromatic rings. The van der Waals surface area contributed by atoms with Crippen molar-refractivity contribution < 1.29 is 4.79 Å². The molecule has 0 aliphatic rings. The molecule has 0 aliphatic heterocycles. The monoisotopic (exact) mass is 412 g/mol. The zero-order valence-corrected chi connectivity index (χ0v) is 15.7. The van der Waals surface area contributed by atoms with Gasteiger partial charge in [0.2, 0.25) is 0 Å². The number of hydrogen-bond acceptors (Lipinski definition) is 4. The van der Waals surface area contributed by atoms with E-state index in [1.165, 1.54) is 22.7 Å². The molecule has 0 saturated heterocycles. The van der Waals surface area contributed by atoms with Gasteiger partial charge in [0.1, 0.15) is 10.4 Å². The standard InChI is InChI=1S/C16H7Cl3N2OS2/c17-7-5-9(18)13-11(6-7)24-16(20-13)21-15(22)14-12(19)8-3-1-2-4-10(8)23-14/h1-6H,(H,20,21,22). The number of anilines is 1. The number of halogens is 3. The molecule has 0 aliphatic carbocycles. The number of carbonyl (C=O) groups excluding carboxylic acids is 1. The highest BCUT2D eigenvalue weighted by molar-refractivity contribution is 7.23. The average Bonchev–Trinajstić information content (AvgIpc) is 3.09. The largest absolute Gasteiger partial charge is 0.297 e. The molecule has 120 valence electrons. The molecule has 2 aromatic carbocycles. The molecule has 2 aromatic heterocycles. The maximum absolute atomic E-state index is 12.6. The van der Waals surface area contributed by atoms with Crippen molar-refractivity contribution in [3.05, 3.63) is 56.3 Å². The second-order valence-electron chi connectivity index (χ2n) is 4.95. The van der Waals surface area contributed by atoms with Gasteiger partial charge in [-0.1, -0.05) is 64.3 Å². The number of rotatable bonds is 2. The summed E-state index contributed by atoms with van der Waals surface area (Å²) < 4.78 is 1.78. The van der Waals surface area contributed by atoms with Crippen molar-refractivity contribution >= 4 is 88.8 Å². The third-order valence-corrected chi connectivity index (χ3v) is 6.47. The second-order valence-corrected chi connectivity index (χ2v) is 8.25. The number of nitrogens with zero attached hydrogens (tertiary/aromatic N) is 1. The van der Waals surface area contributed by atoms with E-state index in [1.54, 1.807) is 12.1 Å². The second kappa shape index (κ2) is 6.17. The van der Waals surface area contributed by atoms with Crippen molar-refractivity contribution in [3.63, 3.8) is 0 Å². The Labute approximate surface area is 159 Å². The zero-order chi connectivity index (χ0) is 16.8. The third kappa shape index (κ3) is 2.76. The predicted molar refractivity (Wildman–Crippen MR) is 104 cm³/mol. The first kappa shape index (κ1) is 16.1. The number of aromatic nitrogens is 1. The first-order valence-electron chi connectivity index (χ1n) is 6.77. The SMILES string of the molecule is O=C(Nc1nc2c(Cl)cc(Cl)cc2s1)c1sc2ccccc2c1Cl. The molecule has 0 bridgehead atoms. The highest BCUT2D eigenvalue weighted by Gasteiger charge is 2.18. The first-order valence-corrected chi connectivity index (χ1v) is 9.53. The molecule has 0 fully saturated rings. The number of hydrogen-bond donors (Lipinski definition) is 1. The quantitative estimate of drug-likeness (QED) is 0.396. The normalized spacial score (nSPS) is 11.3. The van der Waals surface area contributed by atoms with E-state index in [-0.39, 0.29) is 5.91 Å². The topological polar surface area (TPSA) is 42.0 Å². The number of carbonyl (C=O) groups is 1. The van der Waals surface area contributed by atoms with E-state index >= 15 is 0 Å². The van der Waals surface area contributed by atoms with Crippen molar-refractivity contribution in [3.8, 4) is 0 Å². The molecular weight excluding hydrogens is 407 g/mol. The summed E-state index contributed by atoms with van der Waals surface area (Å²) in [4.78, 5) is 17.4. The summed E-state index contributed by atoms with van der Waals surface area (Å²) in [5, 5.41) is 5.55. The Morgan fingerprint density at radius 2 is 1.83 bits per heavy atom. The number of nitrogens with one attached hydrogen (secondary N) is 1. The lowest BCUT2D eigenvalue weighted by atomic mass is 10.2. The average molecular weight is 414 g/mol. The van der Waals surface area contributed by atoms with E-state index in [0.29, 0.717) is 30.6 Å². The lowest BCUT2D eigenvalue weighted by molar-refractivity contribution is 0.103. The van der Waals surface area contributed by atoms with Gasteiger partial charge in [0.15, 0.2) is 5.13 Å². The van der Waals surface area contributed by atoms with Crippen LogP contribution < -0.4 is 5.32 Å². The summed E-state index contributed by atoms with van der Waals surface area (Å²) in [5.41, 5.74) is 0.615. The maximum atomic E-state index is 12.6. The van der Waals surface area contributed by atoms with Crippen LogP contribution in [0.3, 0.4) is 0 Å².